The number of nitrogens with zero attached hydrogens (tertiary/aromatic N) is 1. The largest absolute Gasteiger partial charge is 0.455 e. The van der Waals surface area contributed by atoms with Gasteiger partial charge in [-0.15, -0.1) is 0 Å². The Kier molecular flexibility index (Phi) is 5.38. The van der Waals surface area contributed by atoms with E-state index in [-0.39, 0.29) is 41.6 Å². The fourth-order valence-electron chi connectivity index (χ4n) is 4.01. The van der Waals surface area contributed by atoms with Gasteiger partial charge in [0.15, 0.2) is 6.61 Å². The number of piperidine rings is 1. The van der Waals surface area contributed by atoms with Gasteiger partial charge < -0.3 is 15.0 Å². The molecule has 1 aromatic rings. The number of carbonyl (C=O) groups excluding carboxylic acids is 3. The van der Waals surface area contributed by atoms with Gasteiger partial charge in [0.25, 0.3) is 5.91 Å². The van der Waals surface area contributed by atoms with Gasteiger partial charge in [0, 0.05) is 31.0 Å². The summed E-state index contributed by atoms with van der Waals surface area (Å²) in [7, 11) is 0. The highest BCUT2D eigenvalue weighted by molar-refractivity contribution is 5.82. The summed E-state index contributed by atoms with van der Waals surface area (Å²) in [6.07, 6.45) is 5.37. The van der Waals surface area contributed by atoms with E-state index in [2.05, 4.69) is 17.4 Å². The van der Waals surface area contributed by atoms with Crippen LogP contribution in [0, 0.1) is 11.8 Å². The summed E-state index contributed by atoms with van der Waals surface area (Å²) in [5, 5.41) is 2.91. The summed E-state index contributed by atoms with van der Waals surface area (Å²) in [4.78, 5) is 38.3. The van der Waals surface area contributed by atoms with Crippen LogP contribution in [0.3, 0.4) is 0 Å². The van der Waals surface area contributed by atoms with E-state index in [0.29, 0.717) is 32.5 Å². The number of rotatable bonds is 7. The van der Waals surface area contributed by atoms with Crippen molar-refractivity contribution in [2.45, 2.75) is 43.9 Å². The molecule has 0 aromatic heterocycles. The Morgan fingerprint density at radius 2 is 1.68 bits per heavy atom. The lowest BCUT2D eigenvalue weighted by atomic mass is 9.96. The first kappa shape index (κ1) is 19.0. The number of likely N-dealkylation sites (tertiary alicyclic amines) is 1. The molecule has 0 bridgehead atoms. The first-order valence-electron chi connectivity index (χ1n) is 10.4. The zero-order valence-electron chi connectivity index (χ0n) is 16.2. The minimum absolute atomic E-state index is 0.0435. The highest BCUT2D eigenvalue weighted by Gasteiger charge is 2.44. The number of amides is 2. The molecule has 1 heterocycles. The van der Waals surface area contributed by atoms with Gasteiger partial charge in [-0.25, -0.2) is 0 Å². The minimum Gasteiger partial charge on any atom is -0.455 e. The van der Waals surface area contributed by atoms with Crippen LogP contribution < -0.4 is 5.32 Å². The van der Waals surface area contributed by atoms with E-state index < -0.39 is 0 Å². The van der Waals surface area contributed by atoms with Gasteiger partial charge in [0.1, 0.15) is 0 Å². The Labute approximate surface area is 165 Å². The quantitative estimate of drug-likeness (QED) is 0.730. The SMILES string of the molecule is O=C(COC(=O)C1CCN(C(=O)C2CC2)CC1)NCC1(c2ccccc2)CC1. The molecule has 6 heteroatoms. The number of nitrogens with one attached hydrogen (secondary N) is 1. The third-order valence-corrected chi connectivity index (χ3v) is 6.28. The second-order valence-electron chi connectivity index (χ2n) is 8.40. The average Bonchev–Trinajstić information content (AvgIpc) is 3.65. The molecule has 4 rings (SSSR count). The molecular formula is C22H28N2O4. The Bertz CT molecular complexity index is 732. The molecule has 2 amide bonds. The molecule has 0 atom stereocenters. The van der Waals surface area contributed by atoms with E-state index in [0.717, 1.165) is 25.7 Å². The molecule has 3 fully saturated rings. The van der Waals surface area contributed by atoms with Crippen LogP contribution in [0.1, 0.15) is 44.1 Å². The van der Waals surface area contributed by atoms with Crippen molar-refractivity contribution in [3.8, 4) is 0 Å². The van der Waals surface area contributed by atoms with E-state index in [9.17, 15) is 14.4 Å². The van der Waals surface area contributed by atoms with Crippen molar-refractivity contribution in [1.29, 1.82) is 0 Å². The van der Waals surface area contributed by atoms with Crippen LogP contribution >= 0.6 is 0 Å². The van der Waals surface area contributed by atoms with Crippen molar-refractivity contribution in [3.63, 3.8) is 0 Å². The number of benzene rings is 1. The van der Waals surface area contributed by atoms with Crippen LogP contribution in [-0.2, 0) is 24.5 Å². The highest BCUT2D eigenvalue weighted by atomic mass is 16.5. The lowest BCUT2D eigenvalue weighted by molar-refractivity contribution is -0.155. The molecule has 0 unspecified atom stereocenters. The van der Waals surface area contributed by atoms with E-state index in [1.165, 1.54) is 5.56 Å². The average molecular weight is 384 g/mol. The van der Waals surface area contributed by atoms with Crippen molar-refractivity contribution < 1.29 is 19.1 Å². The summed E-state index contributed by atoms with van der Waals surface area (Å²) in [6, 6.07) is 10.2. The summed E-state index contributed by atoms with van der Waals surface area (Å²) in [6.45, 7) is 1.57. The van der Waals surface area contributed by atoms with Gasteiger partial charge in [-0.05, 0) is 44.1 Å². The fourth-order valence-corrected chi connectivity index (χ4v) is 4.01. The van der Waals surface area contributed by atoms with Crippen molar-refractivity contribution >= 4 is 17.8 Å². The monoisotopic (exact) mass is 384 g/mol. The van der Waals surface area contributed by atoms with Gasteiger partial charge in [-0.1, -0.05) is 30.3 Å². The molecule has 2 aliphatic carbocycles. The Morgan fingerprint density at radius 1 is 1.00 bits per heavy atom. The lowest BCUT2D eigenvalue weighted by Gasteiger charge is -2.31. The Hall–Kier alpha value is -2.37. The predicted molar refractivity (Wildman–Crippen MR) is 103 cm³/mol. The van der Waals surface area contributed by atoms with Crippen LogP contribution in [0.4, 0.5) is 0 Å². The third-order valence-electron chi connectivity index (χ3n) is 6.28. The van der Waals surface area contributed by atoms with Crippen LogP contribution in [0.2, 0.25) is 0 Å². The number of carbonyl (C=O) groups is 3. The summed E-state index contributed by atoms with van der Waals surface area (Å²) in [5.74, 6) is -0.332. The zero-order chi connectivity index (χ0) is 19.6. The molecule has 6 nitrogen and oxygen atoms in total. The second-order valence-corrected chi connectivity index (χ2v) is 8.40. The first-order valence-corrected chi connectivity index (χ1v) is 10.4. The van der Waals surface area contributed by atoms with Gasteiger partial charge in [0.05, 0.1) is 5.92 Å². The van der Waals surface area contributed by atoms with Gasteiger partial charge in [-0.2, -0.15) is 0 Å². The maximum Gasteiger partial charge on any atom is 0.309 e. The van der Waals surface area contributed by atoms with Gasteiger partial charge in [-0.3, -0.25) is 14.4 Å². The summed E-state index contributed by atoms with van der Waals surface area (Å²) < 4.78 is 5.24. The fraction of sp³-hybridized carbons (Fsp3) is 0.591. The molecule has 28 heavy (non-hydrogen) atoms. The van der Waals surface area contributed by atoms with Crippen LogP contribution in [0.25, 0.3) is 0 Å². The maximum absolute atomic E-state index is 12.3. The zero-order valence-corrected chi connectivity index (χ0v) is 16.2. The predicted octanol–water partition coefficient (Wildman–Crippen LogP) is 2.03. The van der Waals surface area contributed by atoms with Crippen molar-refractivity contribution in [2.75, 3.05) is 26.2 Å². The molecule has 0 spiro atoms. The number of hydrogen-bond acceptors (Lipinski definition) is 4. The topological polar surface area (TPSA) is 75.7 Å². The number of esters is 1. The maximum atomic E-state index is 12.3. The van der Waals surface area contributed by atoms with Crippen molar-refractivity contribution in [1.82, 2.24) is 10.2 Å². The molecule has 1 aliphatic heterocycles. The summed E-state index contributed by atoms with van der Waals surface area (Å²) >= 11 is 0. The molecule has 0 radical (unpaired) electrons. The second kappa shape index (κ2) is 7.94. The third kappa shape index (κ3) is 4.37. The molecule has 1 aromatic carbocycles. The molecular weight excluding hydrogens is 356 g/mol. The van der Waals surface area contributed by atoms with E-state index in [1.807, 2.05) is 23.1 Å². The van der Waals surface area contributed by atoms with E-state index in [1.54, 1.807) is 0 Å². The van der Waals surface area contributed by atoms with Gasteiger partial charge >= 0.3 is 5.97 Å². The standard InChI is InChI=1S/C22H28N2O4/c25-19(23-15-22(10-11-22)18-4-2-1-3-5-18)14-28-21(27)17-8-12-24(13-9-17)20(26)16-6-7-16/h1-5,16-17H,6-15H2,(H,23,25). The lowest BCUT2D eigenvalue weighted by Crippen LogP contribution is -2.42. The molecule has 1 N–H and O–H groups in total. The van der Waals surface area contributed by atoms with E-state index >= 15 is 0 Å². The van der Waals surface area contributed by atoms with Crippen molar-refractivity contribution in [2.24, 2.45) is 11.8 Å². The first-order chi connectivity index (χ1) is 13.6. The number of ether oxygens (including phenoxy) is 1. The molecule has 150 valence electrons. The Balaban J connectivity index is 1.16. The van der Waals surface area contributed by atoms with E-state index in [4.69, 9.17) is 4.74 Å². The molecule has 1 saturated heterocycles. The molecule has 3 aliphatic rings. The van der Waals surface area contributed by atoms with Crippen molar-refractivity contribution in [3.05, 3.63) is 35.9 Å². The van der Waals surface area contributed by atoms with Crippen LogP contribution in [0.15, 0.2) is 30.3 Å². The van der Waals surface area contributed by atoms with Crippen LogP contribution in [0.5, 0.6) is 0 Å². The normalized spacial score (nSPS) is 21.1. The Morgan fingerprint density at radius 3 is 2.29 bits per heavy atom. The van der Waals surface area contributed by atoms with Gasteiger partial charge in [0.2, 0.25) is 5.91 Å². The molecule has 2 saturated carbocycles. The highest BCUT2D eigenvalue weighted by Crippen LogP contribution is 2.47. The number of hydrogen-bond donors (Lipinski definition) is 1. The smallest absolute Gasteiger partial charge is 0.309 e. The summed E-state index contributed by atoms with van der Waals surface area (Å²) in [5.41, 5.74) is 1.29. The minimum atomic E-state index is -0.321. The van der Waals surface area contributed by atoms with Crippen LogP contribution in [-0.4, -0.2) is 48.9 Å².